The van der Waals surface area contributed by atoms with Gasteiger partial charge in [-0.3, -0.25) is 4.79 Å². The SMILES string of the molecule is CCC(O)CC(=O)OCC(CC)(CO)CO. The molecule has 0 spiro atoms. The number of aliphatic hydroxyl groups is 3. The summed E-state index contributed by atoms with van der Waals surface area (Å²) in [5, 5.41) is 27.5. The van der Waals surface area contributed by atoms with Crippen LogP contribution in [0.1, 0.15) is 33.1 Å². The van der Waals surface area contributed by atoms with Gasteiger partial charge >= 0.3 is 5.97 Å². The Labute approximate surface area is 96.0 Å². The summed E-state index contributed by atoms with van der Waals surface area (Å²) in [6.07, 6.45) is 0.275. The van der Waals surface area contributed by atoms with Crippen LogP contribution in [-0.4, -0.2) is 47.2 Å². The zero-order chi connectivity index (χ0) is 12.6. The summed E-state index contributed by atoms with van der Waals surface area (Å²) in [4.78, 5) is 11.3. The van der Waals surface area contributed by atoms with Crippen molar-refractivity contribution in [1.29, 1.82) is 0 Å². The topological polar surface area (TPSA) is 87.0 Å². The molecule has 1 atom stereocenters. The average molecular weight is 234 g/mol. The van der Waals surface area contributed by atoms with E-state index >= 15 is 0 Å². The predicted octanol–water partition coefficient (Wildman–Crippen LogP) is 0.0716. The Balaban J connectivity index is 4.06. The fraction of sp³-hybridized carbons (Fsp3) is 0.909. The van der Waals surface area contributed by atoms with Crippen molar-refractivity contribution in [2.75, 3.05) is 19.8 Å². The molecule has 0 aliphatic rings. The van der Waals surface area contributed by atoms with Crippen LogP contribution in [0.2, 0.25) is 0 Å². The Morgan fingerprint density at radius 1 is 1.31 bits per heavy atom. The number of esters is 1. The van der Waals surface area contributed by atoms with E-state index in [-0.39, 0.29) is 26.2 Å². The van der Waals surface area contributed by atoms with Gasteiger partial charge in [-0.15, -0.1) is 0 Å². The Bertz CT molecular complexity index is 192. The number of hydrogen-bond acceptors (Lipinski definition) is 5. The van der Waals surface area contributed by atoms with Gasteiger partial charge < -0.3 is 20.1 Å². The van der Waals surface area contributed by atoms with Crippen LogP contribution in [0.4, 0.5) is 0 Å². The second kappa shape index (κ2) is 7.60. The van der Waals surface area contributed by atoms with Crippen molar-refractivity contribution < 1.29 is 24.9 Å². The minimum atomic E-state index is -0.771. The highest BCUT2D eigenvalue weighted by Gasteiger charge is 2.28. The molecule has 0 rings (SSSR count). The molecule has 16 heavy (non-hydrogen) atoms. The van der Waals surface area contributed by atoms with Gasteiger partial charge in [-0.05, 0) is 12.8 Å². The number of ether oxygens (including phenoxy) is 1. The van der Waals surface area contributed by atoms with Gasteiger partial charge in [0.1, 0.15) is 6.61 Å². The second-order valence-corrected chi connectivity index (χ2v) is 4.10. The number of carbonyl (C=O) groups excluding carboxylic acids is 1. The fourth-order valence-electron chi connectivity index (χ4n) is 1.10. The van der Waals surface area contributed by atoms with Crippen molar-refractivity contribution in [1.82, 2.24) is 0 Å². The van der Waals surface area contributed by atoms with Crippen molar-refractivity contribution >= 4 is 5.97 Å². The minimum absolute atomic E-state index is 0.0221. The summed E-state index contributed by atoms with van der Waals surface area (Å²) in [5.41, 5.74) is -0.771. The first kappa shape index (κ1) is 15.3. The normalized spacial score (nSPS) is 13.6. The molecule has 0 aromatic heterocycles. The van der Waals surface area contributed by atoms with E-state index in [1.807, 2.05) is 0 Å². The van der Waals surface area contributed by atoms with Crippen LogP contribution in [0.5, 0.6) is 0 Å². The summed E-state index contributed by atoms with van der Waals surface area (Å²) in [6.45, 7) is 3.09. The Hall–Kier alpha value is -0.650. The van der Waals surface area contributed by atoms with Crippen molar-refractivity contribution in [3.63, 3.8) is 0 Å². The number of aliphatic hydroxyl groups excluding tert-OH is 3. The van der Waals surface area contributed by atoms with Crippen molar-refractivity contribution in [3.05, 3.63) is 0 Å². The van der Waals surface area contributed by atoms with Gasteiger partial charge in [0.2, 0.25) is 0 Å². The van der Waals surface area contributed by atoms with Gasteiger partial charge in [0.25, 0.3) is 0 Å². The lowest BCUT2D eigenvalue weighted by Crippen LogP contribution is -2.35. The molecule has 96 valence electrons. The first-order valence-corrected chi connectivity index (χ1v) is 5.59. The summed E-state index contributed by atoms with van der Waals surface area (Å²) >= 11 is 0. The molecule has 0 saturated carbocycles. The quantitative estimate of drug-likeness (QED) is 0.517. The lowest BCUT2D eigenvalue weighted by atomic mass is 9.88. The van der Waals surface area contributed by atoms with Gasteiger partial charge in [-0.25, -0.2) is 0 Å². The highest BCUT2D eigenvalue weighted by atomic mass is 16.5. The van der Waals surface area contributed by atoms with E-state index in [1.165, 1.54) is 0 Å². The van der Waals surface area contributed by atoms with Gasteiger partial charge in [-0.2, -0.15) is 0 Å². The molecule has 0 bridgehead atoms. The van der Waals surface area contributed by atoms with E-state index in [9.17, 15) is 9.90 Å². The van der Waals surface area contributed by atoms with Gasteiger partial charge in [0, 0.05) is 0 Å². The van der Waals surface area contributed by atoms with E-state index in [0.29, 0.717) is 12.8 Å². The summed E-state index contributed by atoms with van der Waals surface area (Å²) < 4.78 is 4.93. The Morgan fingerprint density at radius 3 is 2.25 bits per heavy atom. The Morgan fingerprint density at radius 2 is 1.88 bits per heavy atom. The van der Waals surface area contributed by atoms with Crippen molar-refractivity contribution in [2.45, 2.75) is 39.2 Å². The largest absolute Gasteiger partial charge is 0.465 e. The van der Waals surface area contributed by atoms with Crippen LogP contribution < -0.4 is 0 Å². The van der Waals surface area contributed by atoms with Crippen LogP contribution in [-0.2, 0) is 9.53 Å². The van der Waals surface area contributed by atoms with Crippen molar-refractivity contribution in [3.8, 4) is 0 Å². The van der Waals surface area contributed by atoms with Crippen LogP contribution in [0.3, 0.4) is 0 Å². The third-order valence-corrected chi connectivity index (χ3v) is 2.83. The van der Waals surface area contributed by atoms with Gasteiger partial charge in [-0.1, -0.05) is 13.8 Å². The Kier molecular flexibility index (Phi) is 7.29. The number of hydrogen-bond donors (Lipinski definition) is 3. The summed E-state index contributed by atoms with van der Waals surface area (Å²) in [6, 6.07) is 0. The molecular weight excluding hydrogens is 212 g/mol. The molecule has 0 saturated heterocycles. The third kappa shape index (κ3) is 4.92. The van der Waals surface area contributed by atoms with E-state index in [2.05, 4.69) is 0 Å². The molecule has 0 aliphatic heterocycles. The lowest BCUT2D eigenvalue weighted by Gasteiger charge is -2.27. The molecule has 0 aliphatic carbocycles. The molecule has 0 amide bonds. The maximum atomic E-state index is 11.3. The number of rotatable bonds is 8. The van der Waals surface area contributed by atoms with E-state index in [4.69, 9.17) is 14.9 Å². The molecule has 1 unspecified atom stereocenters. The molecule has 0 aromatic carbocycles. The van der Waals surface area contributed by atoms with E-state index in [0.717, 1.165) is 0 Å². The predicted molar refractivity (Wildman–Crippen MR) is 58.8 cm³/mol. The van der Waals surface area contributed by atoms with Crippen LogP contribution in [0, 0.1) is 5.41 Å². The standard InChI is InChI=1S/C11H22O5/c1-3-9(14)5-10(15)16-8-11(4-2,6-12)7-13/h9,12-14H,3-8H2,1-2H3. The third-order valence-electron chi connectivity index (χ3n) is 2.83. The van der Waals surface area contributed by atoms with E-state index < -0.39 is 17.5 Å². The van der Waals surface area contributed by atoms with Crippen molar-refractivity contribution in [2.24, 2.45) is 5.41 Å². The zero-order valence-corrected chi connectivity index (χ0v) is 9.98. The first-order chi connectivity index (χ1) is 7.53. The molecule has 5 heteroatoms. The summed E-state index contributed by atoms with van der Waals surface area (Å²) in [7, 11) is 0. The summed E-state index contributed by atoms with van der Waals surface area (Å²) in [5.74, 6) is -0.505. The average Bonchev–Trinajstić information content (AvgIpc) is 2.31. The second-order valence-electron chi connectivity index (χ2n) is 4.10. The van der Waals surface area contributed by atoms with Crippen LogP contribution in [0.15, 0.2) is 0 Å². The van der Waals surface area contributed by atoms with Gasteiger partial charge in [0.15, 0.2) is 0 Å². The minimum Gasteiger partial charge on any atom is -0.465 e. The highest BCUT2D eigenvalue weighted by molar-refractivity contribution is 5.69. The molecular formula is C11H22O5. The molecule has 0 heterocycles. The number of carbonyl (C=O) groups is 1. The monoisotopic (exact) mass is 234 g/mol. The fourth-order valence-corrected chi connectivity index (χ4v) is 1.10. The molecule has 5 nitrogen and oxygen atoms in total. The molecule has 3 N–H and O–H groups in total. The van der Waals surface area contributed by atoms with Crippen LogP contribution in [0.25, 0.3) is 0 Å². The maximum absolute atomic E-state index is 11.3. The van der Waals surface area contributed by atoms with Gasteiger partial charge in [0.05, 0.1) is 31.2 Å². The lowest BCUT2D eigenvalue weighted by molar-refractivity contribution is -0.152. The first-order valence-electron chi connectivity index (χ1n) is 5.59. The zero-order valence-electron chi connectivity index (χ0n) is 9.98. The smallest absolute Gasteiger partial charge is 0.308 e. The molecule has 0 aromatic rings. The maximum Gasteiger partial charge on any atom is 0.308 e. The molecule has 0 fully saturated rings. The van der Waals surface area contributed by atoms with E-state index in [1.54, 1.807) is 13.8 Å². The van der Waals surface area contributed by atoms with Crippen LogP contribution >= 0.6 is 0 Å². The highest BCUT2D eigenvalue weighted by Crippen LogP contribution is 2.21. The molecule has 0 radical (unpaired) electrons.